The molecule has 0 aliphatic heterocycles. The maximum atomic E-state index is 12.3. The van der Waals surface area contributed by atoms with Gasteiger partial charge in [0.2, 0.25) is 0 Å². The van der Waals surface area contributed by atoms with Crippen molar-refractivity contribution in [3.8, 4) is 11.5 Å². The first-order valence-electron chi connectivity index (χ1n) is 12.5. The maximum Gasteiger partial charge on any atom is 0.513 e. The monoisotopic (exact) mass is 541 g/mol. The molecule has 1 rings (SSSR count). The van der Waals surface area contributed by atoms with Crippen LogP contribution in [0, 0.1) is 11.8 Å². The van der Waals surface area contributed by atoms with Crippen LogP contribution in [0.5, 0.6) is 11.5 Å². The lowest BCUT2D eigenvalue weighted by atomic mass is 9.87. The fourth-order valence-corrected chi connectivity index (χ4v) is 3.08. The van der Waals surface area contributed by atoms with Gasteiger partial charge in [-0.25, -0.2) is 14.4 Å². The highest BCUT2D eigenvalue weighted by Crippen LogP contribution is 2.35. The molecule has 12 heteroatoms. The second-order valence-corrected chi connectivity index (χ2v) is 9.55. The molecule has 0 fully saturated rings. The van der Waals surface area contributed by atoms with Crippen molar-refractivity contribution in [1.29, 1.82) is 0 Å². The highest BCUT2D eigenvalue weighted by Gasteiger charge is 2.30. The zero-order valence-electron chi connectivity index (χ0n) is 22.8. The van der Waals surface area contributed by atoms with E-state index in [0.717, 1.165) is 0 Å². The van der Waals surface area contributed by atoms with E-state index in [4.69, 9.17) is 34.2 Å². The van der Waals surface area contributed by atoms with E-state index in [1.54, 1.807) is 6.92 Å². The number of aliphatic carboxylic acids is 1. The van der Waals surface area contributed by atoms with Gasteiger partial charge in [0.1, 0.15) is 12.1 Å². The van der Waals surface area contributed by atoms with E-state index in [2.05, 4.69) is 0 Å². The Morgan fingerprint density at radius 2 is 1.39 bits per heavy atom. The van der Waals surface area contributed by atoms with E-state index in [1.165, 1.54) is 18.2 Å². The number of rotatable bonds is 14. The van der Waals surface area contributed by atoms with E-state index < -0.39 is 42.5 Å². The van der Waals surface area contributed by atoms with Gasteiger partial charge in [0, 0.05) is 5.92 Å². The molecule has 2 unspecified atom stereocenters. The summed E-state index contributed by atoms with van der Waals surface area (Å²) in [4.78, 5) is 48.0. The second kappa shape index (κ2) is 16.3. The smallest absolute Gasteiger partial charge is 0.480 e. The molecule has 38 heavy (non-hydrogen) atoms. The molecule has 0 radical (unpaired) electrons. The van der Waals surface area contributed by atoms with Crippen LogP contribution in [0.2, 0.25) is 0 Å². The summed E-state index contributed by atoms with van der Waals surface area (Å²) in [6, 6.07) is 2.69. The van der Waals surface area contributed by atoms with Crippen molar-refractivity contribution in [3.63, 3.8) is 0 Å². The average Bonchev–Trinajstić information content (AvgIpc) is 2.84. The molecule has 0 amide bonds. The average molecular weight is 542 g/mol. The largest absolute Gasteiger partial charge is 0.513 e. The van der Waals surface area contributed by atoms with Crippen molar-refractivity contribution in [2.24, 2.45) is 17.6 Å². The number of hydrogen-bond acceptors (Lipinski definition) is 11. The topological polar surface area (TPSA) is 170 Å². The molecule has 3 atom stereocenters. The quantitative estimate of drug-likeness (QED) is 0.186. The Balaban J connectivity index is 3.27. The summed E-state index contributed by atoms with van der Waals surface area (Å²) in [5, 5.41) is 9.59. The predicted octanol–water partition coefficient (Wildman–Crippen LogP) is 4.87. The van der Waals surface area contributed by atoms with Crippen molar-refractivity contribution < 1.29 is 52.7 Å². The SMILES string of the molecule is CCCOC(=O)OC(C)CC(c1ccc(OC(=O)OCC(C)C)c(OC(=O)OCC(C)C)c1)[C@H](N)C(=O)O. The number of carbonyl (C=O) groups is 4. The number of nitrogens with two attached hydrogens (primary N) is 1. The second-order valence-electron chi connectivity index (χ2n) is 9.55. The third-order valence-electron chi connectivity index (χ3n) is 4.88. The molecule has 0 bridgehead atoms. The van der Waals surface area contributed by atoms with Crippen molar-refractivity contribution in [1.82, 2.24) is 0 Å². The molecule has 214 valence electrons. The van der Waals surface area contributed by atoms with Crippen LogP contribution in [0.3, 0.4) is 0 Å². The highest BCUT2D eigenvalue weighted by molar-refractivity contribution is 5.75. The molecule has 0 aliphatic rings. The van der Waals surface area contributed by atoms with Crippen LogP contribution in [-0.2, 0) is 23.7 Å². The molecule has 3 N–H and O–H groups in total. The normalized spacial score (nSPS) is 13.3. The van der Waals surface area contributed by atoms with Gasteiger partial charge in [-0.15, -0.1) is 0 Å². The summed E-state index contributed by atoms with van der Waals surface area (Å²) in [5.41, 5.74) is 6.29. The van der Waals surface area contributed by atoms with E-state index in [1.807, 2.05) is 34.6 Å². The number of benzene rings is 1. The minimum Gasteiger partial charge on any atom is -0.480 e. The molecular weight excluding hydrogens is 502 g/mol. The van der Waals surface area contributed by atoms with Crippen LogP contribution < -0.4 is 15.2 Å². The van der Waals surface area contributed by atoms with Gasteiger partial charge in [0.15, 0.2) is 11.5 Å². The highest BCUT2D eigenvalue weighted by atomic mass is 16.7. The Bertz CT molecular complexity index is 932. The number of carboxylic acids is 1. The summed E-state index contributed by atoms with van der Waals surface area (Å²) in [5.74, 6) is -2.45. The van der Waals surface area contributed by atoms with Crippen molar-refractivity contribution in [2.75, 3.05) is 19.8 Å². The number of ether oxygens (including phenoxy) is 6. The minimum absolute atomic E-state index is 0.00254. The minimum atomic E-state index is -1.41. The lowest BCUT2D eigenvalue weighted by Crippen LogP contribution is -2.38. The van der Waals surface area contributed by atoms with Crippen LogP contribution >= 0.6 is 0 Å². The van der Waals surface area contributed by atoms with Crippen LogP contribution in [0.4, 0.5) is 14.4 Å². The van der Waals surface area contributed by atoms with Gasteiger partial charge in [-0.05, 0) is 49.3 Å². The van der Waals surface area contributed by atoms with Crippen LogP contribution in [0.25, 0.3) is 0 Å². The molecular formula is C26H39NO11. The van der Waals surface area contributed by atoms with Gasteiger partial charge in [0.05, 0.1) is 19.8 Å². The molecule has 0 spiro atoms. The lowest BCUT2D eigenvalue weighted by molar-refractivity contribution is -0.139. The molecule has 1 aromatic rings. The number of carboxylic acid groups (broad SMARTS) is 1. The maximum absolute atomic E-state index is 12.3. The van der Waals surface area contributed by atoms with E-state index in [-0.39, 0.29) is 49.6 Å². The molecule has 0 heterocycles. The summed E-state index contributed by atoms with van der Waals surface area (Å²) >= 11 is 0. The molecule has 0 aromatic heterocycles. The Morgan fingerprint density at radius 1 is 0.842 bits per heavy atom. The summed E-state index contributed by atoms with van der Waals surface area (Å²) < 4.78 is 30.7. The Labute approximate surface area is 222 Å². The van der Waals surface area contributed by atoms with Crippen LogP contribution in [0.15, 0.2) is 18.2 Å². The molecule has 0 saturated heterocycles. The first kappa shape index (κ1) is 32.5. The fraction of sp³-hybridized carbons (Fsp3) is 0.615. The third-order valence-corrected chi connectivity index (χ3v) is 4.88. The van der Waals surface area contributed by atoms with Crippen LogP contribution in [0.1, 0.15) is 65.9 Å². The first-order valence-corrected chi connectivity index (χ1v) is 12.5. The van der Waals surface area contributed by atoms with E-state index in [9.17, 15) is 24.3 Å². The molecule has 1 aromatic carbocycles. The standard InChI is InChI=1S/C26H39NO11/c1-7-10-33-24(30)36-17(6)11-19(22(27)23(28)29)18-8-9-20(37-25(31)34-13-15(2)3)21(12-18)38-26(32)35-14-16(4)5/h8-9,12,15-17,19,22H,7,10-11,13-14,27H2,1-6H3,(H,28,29)/t17?,19?,22-/m0/s1. The third kappa shape index (κ3) is 12.1. The molecule has 12 nitrogen and oxygen atoms in total. The Morgan fingerprint density at radius 3 is 1.89 bits per heavy atom. The van der Waals surface area contributed by atoms with Gasteiger partial charge >= 0.3 is 24.4 Å². The van der Waals surface area contributed by atoms with Gasteiger partial charge < -0.3 is 39.3 Å². The van der Waals surface area contributed by atoms with Crippen molar-refractivity contribution in [3.05, 3.63) is 23.8 Å². The van der Waals surface area contributed by atoms with E-state index in [0.29, 0.717) is 12.0 Å². The van der Waals surface area contributed by atoms with Crippen molar-refractivity contribution >= 4 is 24.4 Å². The van der Waals surface area contributed by atoms with Gasteiger partial charge in [-0.1, -0.05) is 40.7 Å². The van der Waals surface area contributed by atoms with Gasteiger partial charge in [-0.3, -0.25) is 4.79 Å². The van der Waals surface area contributed by atoms with Gasteiger partial charge in [0.25, 0.3) is 0 Å². The summed E-state index contributed by atoms with van der Waals surface area (Å²) in [7, 11) is 0. The molecule has 0 aliphatic carbocycles. The lowest BCUT2D eigenvalue weighted by Gasteiger charge is -2.25. The predicted molar refractivity (Wildman–Crippen MR) is 135 cm³/mol. The summed E-state index contributed by atoms with van der Waals surface area (Å²) in [6.45, 7) is 11.1. The zero-order valence-corrected chi connectivity index (χ0v) is 22.8. The van der Waals surface area contributed by atoms with Gasteiger partial charge in [-0.2, -0.15) is 0 Å². The first-order chi connectivity index (χ1) is 17.8. The number of hydrogen-bond donors (Lipinski definition) is 2. The fourth-order valence-electron chi connectivity index (χ4n) is 3.08. The molecule has 0 saturated carbocycles. The van der Waals surface area contributed by atoms with E-state index >= 15 is 0 Å². The Hall–Kier alpha value is -3.54. The van der Waals surface area contributed by atoms with Crippen molar-refractivity contribution in [2.45, 2.75) is 72.4 Å². The summed E-state index contributed by atoms with van der Waals surface area (Å²) in [6.07, 6.45) is -3.11. The Kier molecular flexibility index (Phi) is 14.0. The van der Waals surface area contributed by atoms with Crippen LogP contribution in [-0.4, -0.2) is 61.5 Å². The number of carbonyl (C=O) groups excluding carboxylic acids is 3. The zero-order chi connectivity index (χ0) is 28.8.